The molecule has 0 radical (unpaired) electrons. The molecule has 2 rings (SSSR count). The van der Waals surface area contributed by atoms with E-state index in [0.29, 0.717) is 12.5 Å². The third-order valence-corrected chi connectivity index (χ3v) is 4.57. The van der Waals surface area contributed by atoms with Crippen LogP contribution in [0.5, 0.6) is 5.75 Å². The lowest BCUT2D eigenvalue weighted by molar-refractivity contribution is -0.159. The zero-order chi connectivity index (χ0) is 21.1. The molecular weight excluding hydrogens is 362 g/mol. The van der Waals surface area contributed by atoms with Crippen LogP contribution >= 0.6 is 0 Å². The molecule has 3 N–H and O–H groups in total. The van der Waals surface area contributed by atoms with Gasteiger partial charge in [0.1, 0.15) is 18.5 Å². The third-order valence-electron chi connectivity index (χ3n) is 4.57. The molecule has 1 unspecified atom stereocenters. The van der Waals surface area contributed by atoms with Gasteiger partial charge in [-0.15, -0.1) is 0 Å². The van der Waals surface area contributed by atoms with Crippen molar-refractivity contribution in [2.45, 2.75) is 58.5 Å². The molecule has 1 atom stereocenters. The second kappa shape index (κ2) is 12.4. The lowest BCUT2D eigenvalue weighted by Gasteiger charge is -2.24. The minimum absolute atomic E-state index is 0.375. The molecule has 1 saturated heterocycles. The summed E-state index contributed by atoms with van der Waals surface area (Å²) in [6, 6.07) is 6.33. The van der Waals surface area contributed by atoms with Crippen molar-refractivity contribution in [3.05, 3.63) is 29.3 Å². The molecule has 1 aromatic rings. The van der Waals surface area contributed by atoms with Crippen LogP contribution in [-0.4, -0.2) is 64.5 Å². The van der Waals surface area contributed by atoms with Crippen LogP contribution in [0.4, 0.5) is 0 Å². The average molecular weight is 395 g/mol. The Bertz CT molecular complexity index is 611. The van der Waals surface area contributed by atoms with E-state index in [1.807, 2.05) is 0 Å². The molecule has 7 heteroatoms. The van der Waals surface area contributed by atoms with Gasteiger partial charge in [0.25, 0.3) is 0 Å². The van der Waals surface area contributed by atoms with E-state index in [1.54, 1.807) is 0 Å². The highest BCUT2D eigenvalue weighted by molar-refractivity contribution is 6.27. The number of carboxylic acid groups (broad SMARTS) is 2. The van der Waals surface area contributed by atoms with Crippen LogP contribution in [0, 0.1) is 6.92 Å². The van der Waals surface area contributed by atoms with Crippen LogP contribution in [0.2, 0.25) is 0 Å². The summed E-state index contributed by atoms with van der Waals surface area (Å²) in [7, 11) is 0. The molecule has 1 aliphatic rings. The SMILES string of the molecule is Cc1ccc(C(C)C)c(OCC(O)CN2CCCCCC2)c1.O=C(O)C(=O)O. The zero-order valence-electron chi connectivity index (χ0n) is 17.1. The number of carboxylic acids is 2. The second-order valence-corrected chi connectivity index (χ2v) is 7.49. The van der Waals surface area contributed by atoms with E-state index in [1.165, 1.54) is 36.8 Å². The van der Waals surface area contributed by atoms with Crippen molar-refractivity contribution in [1.29, 1.82) is 0 Å². The minimum atomic E-state index is -1.82. The summed E-state index contributed by atoms with van der Waals surface area (Å²) in [6.45, 7) is 9.74. The lowest BCUT2D eigenvalue weighted by atomic mass is 10.0. The molecule has 7 nitrogen and oxygen atoms in total. The van der Waals surface area contributed by atoms with Crippen LogP contribution in [-0.2, 0) is 9.59 Å². The summed E-state index contributed by atoms with van der Waals surface area (Å²) < 4.78 is 5.94. The molecule has 1 fully saturated rings. The van der Waals surface area contributed by atoms with Gasteiger partial charge in [-0.2, -0.15) is 0 Å². The van der Waals surface area contributed by atoms with Crippen LogP contribution in [0.3, 0.4) is 0 Å². The first-order valence-corrected chi connectivity index (χ1v) is 9.80. The summed E-state index contributed by atoms with van der Waals surface area (Å²) in [6.07, 6.45) is 4.74. The Balaban J connectivity index is 0.000000568. The number of hydrogen-bond acceptors (Lipinski definition) is 5. The van der Waals surface area contributed by atoms with Crippen molar-refractivity contribution in [1.82, 2.24) is 4.90 Å². The van der Waals surface area contributed by atoms with E-state index < -0.39 is 18.0 Å². The number of likely N-dealkylation sites (tertiary alicyclic amines) is 1. The number of rotatable bonds is 6. The maximum absolute atomic E-state index is 10.3. The van der Waals surface area contributed by atoms with Crippen molar-refractivity contribution in [3.63, 3.8) is 0 Å². The topological polar surface area (TPSA) is 107 Å². The average Bonchev–Trinajstić information content (AvgIpc) is 2.89. The van der Waals surface area contributed by atoms with E-state index in [2.05, 4.69) is 43.9 Å². The molecule has 28 heavy (non-hydrogen) atoms. The number of aliphatic carboxylic acids is 2. The number of nitrogens with zero attached hydrogens (tertiary/aromatic N) is 1. The maximum atomic E-state index is 10.3. The van der Waals surface area contributed by atoms with E-state index in [9.17, 15) is 5.11 Å². The maximum Gasteiger partial charge on any atom is 0.414 e. The summed E-state index contributed by atoms with van der Waals surface area (Å²) >= 11 is 0. The van der Waals surface area contributed by atoms with Crippen LogP contribution in [0.15, 0.2) is 18.2 Å². The Morgan fingerprint density at radius 3 is 2.14 bits per heavy atom. The standard InChI is InChI=1S/C19H31NO2.C2H2O4/c1-15(2)18-9-8-16(3)12-19(18)22-14-17(21)13-20-10-6-4-5-7-11-20;3-1(4)2(5)6/h8-9,12,15,17,21H,4-7,10-11,13-14H2,1-3H3;(H,3,4)(H,5,6). The van der Waals surface area contributed by atoms with Crippen LogP contribution < -0.4 is 4.74 Å². The fraction of sp³-hybridized carbons (Fsp3) is 0.619. The lowest BCUT2D eigenvalue weighted by Crippen LogP contribution is -2.36. The predicted molar refractivity (Wildman–Crippen MR) is 107 cm³/mol. The molecular formula is C21H33NO6. The summed E-state index contributed by atoms with van der Waals surface area (Å²) in [5, 5.41) is 25.1. The van der Waals surface area contributed by atoms with Gasteiger partial charge in [-0.05, 0) is 56.0 Å². The normalized spacial score (nSPS) is 15.9. The predicted octanol–water partition coefficient (Wildman–Crippen LogP) is 2.89. The van der Waals surface area contributed by atoms with Crippen LogP contribution in [0.25, 0.3) is 0 Å². The van der Waals surface area contributed by atoms with Crippen molar-refractivity contribution in [3.8, 4) is 5.75 Å². The number of benzene rings is 1. The third kappa shape index (κ3) is 9.19. The molecule has 1 aliphatic heterocycles. The van der Waals surface area contributed by atoms with Gasteiger partial charge < -0.3 is 25.0 Å². The molecule has 0 aliphatic carbocycles. The summed E-state index contributed by atoms with van der Waals surface area (Å²) in [5.74, 6) is -2.30. The molecule has 158 valence electrons. The van der Waals surface area contributed by atoms with Crippen LogP contribution in [0.1, 0.15) is 56.6 Å². The van der Waals surface area contributed by atoms with Gasteiger partial charge in [-0.25, -0.2) is 9.59 Å². The molecule has 1 heterocycles. The van der Waals surface area contributed by atoms with Gasteiger partial charge in [0, 0.05) is 6.54 Å². The number of hydrogen-bond donors (Lipinski definition) is 3. The minimum Gasteiger partial charge on any atom is -0.491 e. The Morgan fingerprint density at radius 2 is 1.64 bits per heavy atom. The highest BCUT2D eigenvalue weighted by Crippen LogP contribution is 2.27. The first kappa shape index (κ1) is 23.9. The number of aliphatic hydroxyl groups is 1. The van der Waals surface area contributed by atoms with Gasteiger partial charge >= 0.3 is 11.9 Å². The molecule has 0 saturated carbocycles. The first-order valence-electron chi connectivity index (χ1n) is 9.80. The van der Waals surface area contributed by atoms with Gasteiger partial charge in [-0.3, -0.25) is 0 Å². The van der Waals surface area contributed by atoms with Crippen molar-refractivity contribution < 1.29 is 29.6 Å². The highest BCUT2D eigenvalue weighted by atomic mass is 16.5. The molecule has 0 bridgehead atoms. The summed E-state index contributed by atoms with van der Waals surface area (Å²) in [4.78, 5) is 20.6. The van der Waals surface area contributed by atoms with Crippen molar-refractivity contribution in [2.24, 2.45) is 0 Å². The largest absolute Gasteiger partial charge is 0.491 e. The zero-order valence-corrected chi connectivity index (χ0v) is 17.1. The van der Waals surface area contributed by atoms with E-state index in [4.69, 9.17) is 24.5 Å². The van der Waals surface area contributed by atoms with E-state index in [0.717, 1.165) is 25.4 Å². The quantitative estimate of drug-likeness (QED) is 0.636. The Morgan fingerprint density at radius 1 is 1.07 bits per heavy atom. The van der Waals surface area contributed by atoms with Crippen molar-refractivity contribution >= 4 is 11.9 Å². The van der Waals surface area contributed by atoms with Gasteiger partial charge in [0.15, 0.2) is 0 Å². The molecule has 0 aromatic heterocycles. The highest BCUT2D eigenvalue weighted by Gasteiger charge is 2.15. The first-order chi connectivity index (χ1) is 13.2. The molecule has 1 aromatic carbocycles. The van der Waals surface area contributed by atoms with E-state index >= 15 is 0 Å². The monoisotopic (exact) mass is 395 g/mol. The number of ether oxygens (including phenoxy) is 1. The number of carbonyl (C=O) groups is 2. The number of aliphatic hydroxyl groups excluding tert-OH is 1. The summed E-state index contributed by atoms with van der Waals surface area (Å²) in [5.41, 5.74) is 2.41. The smallest absolute Gasteiger partial charge is 0.414 e. The second-order valence-electron chi connectivity index (χ2n) is 7.49. The molecule has 0 spiro atoms. The van der Waals surface area contributed by atoms with E-state index in [-0.39, 0.29) is 0 Å². The number of β-amino-alcohol motifs (C(OH)–C–C–N with tert-alkyl or cyclic N) is 1. The fourth-order valence-electron chi connectivity index (χ4n) is 3.10. The van der Waals surface area contributed by atoms with Gasteiger partial charge in [0.05, 0.1) is 0 Å². The van der Waals surface area contributed by atoms with Gasteiger partial charge in [0.2, 0.25) is 0 Å². The Labute approximate surface area is 166 Å². The van der Waals surface area contributed by atoms with Gasteiger partial charge in [-0.1, -0.05) is 38.8 Å². The Kier molecular flexibility index (Phi) is 10.6. The fourth-order valence-corrected chi connectivity index (χ4v) is 3.10. The number of aryl methyl sites for hydroxylation is 1. The Hall–Kier alpha value is -2.12. The van der Waals surface area contributed by atoms with Crippen molar-refractivity contribution in [2.75, 3.05) is 26.2 Å². The molecule has 0 amide bonds.